The van der Waals surface area contributed by atoms with E-state index in [-0.39, 0.29) is 0 Å². The maximum atomic E-state index is 8.46. The molecule has 1 aromatic rings. The summed E-state index contributed by atoms with van der Waals surface area (Å²) in [6, 6.07) is 6.07. The third kappa shape index (κ3) is 15.2. The highest BCUT2D eigenvalue weighted by molar-refractivity contribution is 5.33. The Balaban J connectivity index is 1.89. The molecule has 0 fully saturated rings. The highest BCUT2D eigenvalue weighted by Crippen LogP contribution is 2.19. The Kier molecular flexibility index (Phi) is 17.0. The summed E-state index contributed by atoms with van der Waals surface area (Å²) in [5.74, 6) is 0.888. The molecular weight excluding hydrogens is 370 g/mol. The van der Waals surface area contributed by atoms with Crippen LogP contribution < -0.4 is 4.74 Å². The largest absolute Gasteiger partial charge is 0.494 e. The molecule has 0 unspecified atom stereocenters. The summed E-state index contributed by atoms with van der Waals surface area (Å²) in [6.07, 6.45) is 22.1. The maximum absolute atomic E-state index is 8.46. The Morgan fingerprint density at radius 1 is 0.733 bits per heavy atom. The highest BCUT2D eigenvalue weighted by Gasteiger charge is 2.00. The van der Waals surface area contributed by atoms with Crippen molar-refractivity contribution in [3.8, 4) is 5.75 Å². The molecule has 170 valence electrons. The average Bonchev–Trinajstić information content (AvgIpc) is 2.74. The monoisotopic (exact) mass is 415 g/mol. The van der Waals surface area contributed by atoms with Crippen molar-refractivity contribution in [2.45, 2.75) is 123 Å². The van der Waals surface area contributed by atoms with Crippen LogP contribution in [0, 0.1) is 6.92 Å². The molecule has 0 bridgehead atoms. The molecule has 0 N–H and O–H groups in total. The van der Waals surface area contributed by atoms with Gasteiger partial charge in [-0.2, -0.15) is 0 Å². The van der Waals surface area contributed by atoms with Gasteiger partial charge in [0.1, 0.15) is 5.75 Å². The Hall–Kier alpha value is -1.67. The van der Waals surface area contributed by atoms with Crippen LogP contribution in [-0.4, -0.2) is 6.61 Å². The van der Waals surface area contributed by atoms with Crippen LogP contribution >= 0.6 is 0 Å². The SMILES string of the molecule is CCCCCCCCCCCCCCCCCCOc1cc(C)cc(CN=[N+]=[N-])c1. The molecule has 0 atom stereocenters. The van der Waals surface area contributed by atoms with E-state index in [0.29, 0.717) is 6.54 Å². The topological polar surface area (TPSA) is 58.0 Å². The zero-order chi connectivity index (χ0) is 21.7. The fourth-order valence-electron chi connectivity index (χ4n) is 3.95. The van der Waals surface area contributed by atoms with Gasteiger partial charge in [-0.15, -0.1) is 0 Å². The fraction of sp³-hybridized carbons (Fsp3) is 0.769. The normalized spacial score (nSPS) is 10.7. The number of rotatable bonds is 20. The predicted octanol–water partition coefficient (Wildman–Crippen LogP) is 9.45. The molecule has 0 aliphatic rings. The molecule has 30 heavy (non-hydrogen) atoms. The van der Waals surface area contributed by atoms with Crippen LogP contribution in [0.1, 0.15) is 121 Å². The van der Waals surface area contributed by atoms with Crippen molar-refractivity contribution in [2.75, 3.05) is 6.61 Å². The van der Waals surface area contributed by atoms with Crippen LogP contribution in [0.3, 0.4) is 0 Å². The van der Waals surface area contributed by atoms with Crippen LogP contribution in [0.25, 0.3) is 10.4 Å². The van der Waals surface area contributed by atoms with Crippen LogP contribution in [0.2, 0.25) is 0 Å². The van der Waals surface area contributed by atoms with E-state index < -0.39 is 0 Å². The van der Waals surface area contributed by atoms with Gasteiger partial charge in [-0.3, -0.25) is 0 Å². The van der Waals surface area contributed by atoms with E-state index in [0.717, 1.165) is 29.9 Å². The number of benzene rings is 1. The van der Waals surface area contributed by atoms with Crippen LogP contribution in [-0.2, 0) is 6.54 Å². The smallest absolute Gasteiger partial charge is 0.119 e. The van der Waals surface area contributed by atoms with E-state index in [1.165, 1.54) is 96.3 Å². The summed E-state index contributed by atoms with van der Waals surface area (Å²) >= 11 is 0. The lowest BCUT2D eigenvalue weighted by atomic mass is 10.0. The van der Waals surface area contributed by atoms with Crippen molar-refractivity contribution in [2.24, 2.45) is 5.11 Å². The van der Waals surface area contributed by atoms with Gasteiger partial charge in [-0.25, -0.2) is 0 Å². The van der Waals surface area contributed by atoms with Crippen molar-refractivity contribution in [1.29, 1.82) is 0 Å². The second kappa shape index (κ2) is 19.3. The summed E-state index contributed by atoms with van der Waals surface area (Å²) in [5.41, 5.74) is 10.6. The summed E-state index contributed by atoms with van der Waals surface area (Å²) in [5, 5.41) is 3.63. The molecule has 0 amide bonds. The second-order valence-electron chi connectivity index (χ2n) is 8.70. The zero-order valence-electron chi connectivity index (χ0n) is 19.7. The van der Waals surface area contributed by atoms with Gasteiger partial charge in [0.25, 0.3) is 0 Å². The molecule has 0 saturated carbocycles. The fourth-order valence-corrected chi connectivity index (χ4v) is 3.95. The number of hydrogen-bond donors (Lipinski definition) is 0. The predicted molar refractivity (Wildman–Crippen MR) is 129 cm³/mol. The number of nitrogens with zero attached hydrogens (tertiary/aromatic N) is 3. The molecule has 0 heterocycles. The molecule has 0 radical (unpaired) electrons. The first kappa shape index (κ1) is 26.4. The standard InChI is InChI=1S/C26H45N3O/c1-3-4-5-6-7-8-9-10-11-12-13-14-15-16-17-18-19-30-26-21-24(2)20-25(22-26)23-28-29-27/h20-22H,3-19,23H2,1-2H3. The summed E-state index contributed by atoms with van der Waals surface area (Å²) in [4.78, 5) is 2.82. The quantitative estimate of drug-likeness (QED) is 0.0905. The minimum absolute atomic E-state index is 0.383. The number of azide groups is 1. The minimum Gasteiger partial charge on any atom is -0.494 e. The zero-order valence-corrected chi connectivity index (χ0v) is 19.7. The molecule has 0 saturated heterocycles. The molecule has 0 aliphatic heterocycles. The van der Waals surface area contributed by atoms with E-state index in [2.05, 4.69) is 16.9 Å². The summed E-state index contributed by atoms with van der Waals surface area (Å²) < 4.78 is 5.89. The first-order chi connectivity index (χ1) is 14.8. The average molecular weight is 416 g/mol. The summed E-state index contributed by atoms with van der Waals surface area (Å²) in [7, 11) is 0. The van der Waals surface area contributed by atoms with Gasteiger partial charge < -0.3 is 4.74 Å². The van der Waals surface area contributed by atoms with Gasteiger partial charge in [-0.1, -0.05) is 114 Å². The van der Waals surface area contributed by atoms with Gasteiger partial charge in [0.15, 0.2) is 0 Å². The lowest BCUT2D eigenvalue weighted by molar-refractivity contribution is 0.304. The van der Waals surface area contributed by atoms with Crippen molar-refractivity contribution < 1.29 is 4.74 Å². The van der Waals surface area contributed by atoms with Gasteiger partial charge in [0.2, 0.25) is 0 Å². The lowest BCUT2D eigenvalue weighted by Gasteiger charge is -2.09. The van der Waals surface area contributed by atoms with Crippen LogP contribution in [0.15, 0.2) is 23.3 Å². The van der Waals surface area contributed by atoms with E-state index >= 15 is 0 Å². The number of unbranched alkanes of at least 4 members (excludes halogenated alkanes) is 15. The van der Waals surface area contributed by atoms with Gasteiger partial charge in [0.05, 0.1) is 13.2 Å². The Morgan fingerprint density at radius 2 is 1.23 bits per heavy atom. The van der Waals surface area contributed by atoms with E-state index in [1.807, 2.05) is 25.1 Å². The van der Waals surface area contributed by atoms with Crippen molar-refractivity contribution in [1.82, 2.24) is 0 Å². The molecule has 1 aromatic carbocycles. The molecule has 0 aliphatic carbocycles. The molecule has 1 rings (SSSR count). The van der Waals surface area contributed by atoms with Crippen LogP contribution in [0.4, 0.5) is 0 Å². The number of ether oxygens (including phenoxy) is 1. The first-order valence-corrected chi connectivity index (χ1v) is 12.5. The van der Waals surface area contributed by atoms with Crippen molar-refractivity contribution >= 4 is 0 Å². The molecule has 0 aromatic heterocycles. The van der Waals surface area contributed by atoms with Gasteiger partial charge in [0, 0.05) is 4.91 Å². The van der Waals surface area contributed by atoms with Gasteiger partial charge in [-0.05, 0) is 42.1 Å². The number of aryl methyl sites for hydroxylation is 1. The summed E-state index contributed by atoms with van der Waals surface area (Å²) in [6.45, 7) is 5.48. The molecule has 0 spiro atoms. The Morgan fingerprint density at radius 3 is 1.73 bits per heavy atom. The van der Waals surface area contributed by atoms with Crippen LogP contribution in [0.5, 0.6) is 5.75 Å². The Labute approximate surface area is 185 Å². The Bertz CT molecular complexity index is 582. The minimum atomic E-state index is 0.383. The van der Waals surface area contributed by atoms with Crippen molar-refractivity contribution in [3.05, 3.63) is 39.8 Å². The molecule has 4 heteroatoms. The molecular formula is C26H45N3O. The lowest BCUT2D eigenvalue weighted by Crippen LogP contribution is -1.98. The third-order valence-corrected chi connectivity index (χ3v) is 5.69. The first-order valence-electron chi connectivity index (χ1n) is 12.5. The van der Waals surface area contributed by atoms with Gasteiger partial charge >= 0.3 is 0 Å². The van der Waals surface area contributed by atoms with Crippen molar-refractivity contribution in [3.63, 3.8) is 0 Å². The second-order valence-corrected chi connectivity index (χ2v) is 8.70. The van der Waals surface area contributed by atoms with E-state index in [4.69, 9.17) is 10.3 Å². The highest BCUT2D eigenvalue weighted by atomic mass is 16.5. The third-order valence-electron chi connectivity index (χ3n) is 5.69. The number of hydrogen-bond acceptors (Lipinski definition) is 2. The van der Waals surface area contributed by atoms with E-state index in [1.54, 1.807) is 0 Å². The van der Waals surface area contributed by atoms with E-state index in [9.17, 15) is 0 Å². The maximum Gasteiger partial charge on any atom is 0.119 e. The molecule has 4 nitrogen and oxygen atoms in total.